The Morgan fingerprint density at radius 1 is 1.14 bits per heavy atom. The number of nitrogens with one attached hydrogen (secondary N) is 1. The summed E-state index contributed by atoms with van der Waals surface area (Å²) in [5.41, 5.74) is 2.10. The lowest BCUT2D eigenvalue weighted by Gasteiger charge is -2.05. The number of carbonyl (C=O) groups is 2. The number of aromatic nitrogens is 4. The van der Waals surface area contributed by atoms with Gasteiger partial charge in [0.05, 0.1) is 36.3 Å². The van der Waals surface area contributed by atoms with E-state index in [0.717, 1.165) is 18.5 Å². The van der Waals surface area contributed by atoms with Gasteiger partial charge in [-0.3, -0.25) is 9.78 Å². The molecule has 0 saturated heterocycles. The van der Waals surface area contributed by atoms with Crippen LogP contribution in [0, 0.1) is 0 Å². The van der Waals surface area contributed by atoms with E-state index >= 15 is 0 Å². The molecule has 28 heavy (non-hydrogen) atoms. The second-order valence-electron chi connectivity index (χ2n) is 6.09. The number of hydrogen-bond acceptors (Lipinski definition) is 6. The topological polar surface area (TPSA) is 99.0 Å². The summed E-state index contributed by atoms with van der Waals surface area (Å²) in [5, 5.41) is 10.6. The molecule has 0 fully saturated rings. The van der Waals surface area contributed by atoms with E-state index in [2.05, 4.69) is 20.6 Å². The van der Waals surface area contributed by atoms with E-state index in [-0.39, 0.29) is 17.6 Å². The Morgan fingerprint density at radius 2 is 1.96 bits per heavy atom. The number of carbonyl (C=O) groups excluding carboxylic acids is 2. The third-order valence-electron chi connectivity index (χ3n) is 3.98. The maximum Gasteiger partial charge on any atom is 0.338 e. The smallest absolute Gasteiger partial charge is 0.338 e. The number of rotatable bonds is 8. The number of amides is 1. The number of unbranched alkanes of at least 4 members (excludes halogenated alkanes) is 1. The van der Waals surface area contributed by atoms with Gasteiger partial charge < -0.3 is 10.1 Å². The van der Waals surface area contributed by atoms with Crippen LogP contribution in [-0.2, 0) is 11.3 Å². The lowest BCUT2D eigenvalue weighted by Crippen LogP contribution is -2.23. The summed E-state index contributed by atoms with van der Waals surface area (Å²) < 4.78 is 6.66. The SMILES string of the molecule is CCCCOC(=O)c1ccc(-n2cc(C(=O)NCc3ccccn3)nn2)cc1. The fourth-order valence-electron chi connectivity index (χ4n) is 2.40. The Hall–Kier alpha value is -3.55. The first kappa shape index (κ1) is 19.2. The van der Waals surface area contributed by atoms with Crippen molar-refractivity contribution in [1.29, 1.82) is 0 Å². The van der Waals surface area contributed by atoms with Gasteiger partial charge in [0.2, 0.25) is 0 Å². The molecule has 8 heteroatoms. The third-order valence-corrected chi connectivity index (χ3v) is 3.98. The van der Waals surface area contributed by atoms with Crippen LogP contribution in [0.5, 0.6) is 0 Å². The zero-order valence-corrected chi connectivity index (χ0v) is 15.5. The second kappa shape index (κ2) is 9.40. The molecule has 2 heterocycles. The van der Waals surface area contributed by atoms with E-state index < -0.39 is 0 Å². The molecule has 8 nitrogen and oxygen atoms in total. The summed E-state index contributed by atoms with van der Waals surface area (Å²) in [5.74, 6) is -0.693. The van der Waals surface area contributed by atoms with E-state index in [1.807, 2.05) is 25.1 Å². The average Bonchev–Trinajstić information content (AvgIpc) is 3.23. The molecule has 1 N–H and O–H groups in total. The molecule has 0 aliphatic carbocycles. The van der Waals surface area contributed by atoms with Crippen molar-refractivity contribution in [2.45, 2.75) is 26.3 Å². The van der Waals surface area contributed by atoms with Crippen molar-refractivity contribution < 1.29 is 14.3 Å². The zero-order chi connectivity index (χ0) is 19.8. The van der Waals surface area contributed by atoms with Crippen LogP contribution in [0.25, 0.3) is 5.69 Å². The van der Waals surface area contributed by atoms with Crippen LogP contribution >= 0.6 is 0 Å². The van der Waals surface area contributed by atoms with Crippen LogP contribution in [0.1, 0.15) is 46.3 Å². The molecule has 0 bridgehead atoms. The average molecular weight is 379 g/mol. The van der Waals surface area contributed by atoms with Crippen molar-refractivity contribution >= 4 is 11.9 Å². The number of ether oxygens (including phenoxy) is 1. The first-order valence-corrected chi connectivity index (χ1v) is 9.05. The van der Waals surface area contributed by atoms with Gasteiger partial charge in [-0.05, 0) is 42.8 Å². The quantitative estimate of drug-likeness (QED) is 0.477. The highest BCUT2D eigenvalue weighted by molar-refractivity contribution is 5.92. The highest BCUT2D eigenvalue weighted by atomic mass is 16.5. The maximum absolute atomic E-state index is 12.2. The summed E-state index contributed by atoms with van der Waals surface area (Å²) >= 11 is 0. The molecule has 0 saturated carbocycles. The molecule has 144 valence electrons. The van der Waals surface area contributed by atoms with Crippen molar-refractivity contribution in [2.24, 2.45) is 0 Å². The molecule has 3 rings (SSSR count). The molecule has 0 unspecified atom stereocenters. The molecule has 2 aromatic heterocycles. The van der Waals surface area contributed by atoms with Crippen LogP contribution in [0.15, 0.2) is 54.9 Å². The van der Waals surface area contributed by atoms with Crippen molar-refractivity contribution in [2.75, 3.05) is 6.61 Å². The molecule has 0 spiro atoms. The monoisotopic (exact) mass is 379 g/mol. The first-order chi connectivity index (χ1) is 13.7. The van der Waals surface area contributed by atoms with Crippen molar-refractivity contribution in [1.82, 2.24) is 25.3 Å². The van der Waals surface area contributed by atoms with Crippen molar-refractivity contribution in [3.63, 3.8) is 0 Å². The molecule has 0 aliphatic rings. The van der Waals surface area contributed by atoms with E-state index in [1.165, 1.54) is 10.9 Å². The Bertz CT molecular complexity index is 923. The van der Waals surface area contributed by atoms with Crippen molar-refractivity contribution in [3.8, 4) is 5.69 Å². The predicted molar refractivity (Wildman–Crippen MR) is 102 cm³/mol. The van der Waals surface area contributed by atoms with Crippen LogP contribution in [-0.4, -0.2) is 38.5 Å². The zero-order valence-electron chi connectivity index (χ0n) is 15.5. The summed E-state index contributed by atoms with van der Waals surface area (Å²) in [4.78, 5) is 28.3. The van der Waals surface area contributed by atoms with Crippen molar-refractivity contribution in [3.05, 3.63) is 71.8 Å². The summed E-state index contributed by atoms with van der Waals surface area (Å²) in [6.07, 6.45) is 5.01. The Balaban J connectivity index is 1.60. The number of hydrogen-bond donors (Lipinski definition) is 1. The number of nitrogens with zero attached hydrogens (tertiary/aromatic N) is 4. The highest BCUT2D eigenvalue weighted by Gasteiger charge is 2.12. The lowest BCUT2D eigenvalue weighted by atomic mass is 10.2. The fraction of sp³-hybridized carbons (Fsp3) is 0.250. The van der Waals surface area contributed by atoms with E-state index in [1.54, 1.807) is 30.5 Å². The summed E-state index contributed by atoms with van der Waals surface area (Å²) in [7, 11) is 0. The molecule has 0 aliphatic heterocycles. The highest BCUT2D eigenvalue weighted by Crippen LogP contribution is 2.11. The minimum atomic E-state index is -0.354. The van der Waals surface area contributed by atoms with Gasteiger partial charge in [0.1, 0.15) is 0 Å². The molecule has 1 aromatic carbocycles. The molecule has 3 aromatic rings. The molecular formula is C20H21N5O3. The Kier molecular flexibility index (Phi) is 6.46. The normalized spacial score (nSPS) is 10.5. The molecule has 1 amide bonds. The van der Waals surface area contributed by atoms with Crippen LogP contribution in [0.2, 0.25) is 0 Å². The van der Waals surface area contributed by atoms with Gasteiger partial charge in [-0.25, -0.2) is 9.48 Å². The largest absolute Gasteiger partial charge is 0.462 e. The number of benzene rings is 1. The van der Waals surface area contributed by atoms with Crippen LogP contribution in [0.4, 0.5) is 0 Å². The Labute approximate surface area is 162 Å². The van der Waals surface area contributed by atoms with Gasteiger partial charge in [-0.1, -0.05) is 24.6 Å². The molecule has 0 atom stereocenters. The summed E-state index contributed by atoms with van der Waals surface area (Å²) in [6, 6.07) is 12.3. The predicted octanol–water partition coefficient (Wildman–Crippen LogP) is 2.55. The molecule has 0 radical (unpaired) electrons. The maximum atomic E-state index is 12.2. The van der Waals surface area contributed by atoms with Gasteiger partial charge in [0, 0.05) is 6.20 Å². The van der Waals surface area contributed by atoms with Crippen LogP contribution < -0.4 is 5.32 Å². The van der Waals surface area contributed by atoms with Gasteiger partial charge in [-0.15, -0.1) is 5.10 Å². The number of pyridine rings is 1. The first-order valence-electron chi connectivity index (χ1n) is 9.05. The van der Waals surface area contributed by atoms with E-state index in [9.17, 15) is 9.59 Å². The van der Waals surface area contributed by atoms with Crippen LogP contribution in [0.3, 0.4) is 0 Å². The van der Waals surface area contributed by atoms with Gasteiger partial charge in [-0.2, -0.15) is 0 Å². The third kappa shape index (κ3) is 5.00. The van der Waals surface area contributed by atoms with Gasteiger partial charge >= 0.3 is 5.97 Å². The summed E-state index contributed by atoms with van der Waals surface area (Å²) in [6.45, 7) is 2.76. The Morgan fingerprint density at radius 3 is 2.68 bits per heavy atom. The van der Waals surface area contributed by atoms with E-state index in [0.29, 0.717) is 24.4 Å². The standard InChI is InChI=1S/C20H21N5O3/c1-2-3-12-28-20(27)15-7-9-17(10-8-15)25-14-18(23-24-25)19(26)22-13-16-6-4-5-11-21-16/h4-11,14H,2-3,12-13H2,1H3,(H,22,26). The second-order valence-corrected chi connectivity index (χ2v) is 6.09. The lowest BCUT2D eigenvalue weighted by molar-refractivity contribution is 0.0499. The minimum absolute atomic E-state index is 0.194. The molecular weight excluding hydrogens is 358 g/mol. The fourth-order valence-corrected chi connectivity index (χ4v) is 2.40. The minimum Gasteiger partial charge on any atom is -0.462 e. The van der Waals surface area contributed by atoms with E-state index in [4.69, 9.17) is 4.74 Å². The number of esters is 1. The van der Waals surface area contributed by atoms with Gasteiger partial charge in [0.15, 0.2) is 5.69 Å². The van der Waals surface area contributed by atoms with Gasteiger partial charge in [0.25, 0.3) is 5.91 Å².